The Balaban J connectivity index is 2.87. The van der Waals surface area contributed by atoms with Crippen molar-refractivity contribution in [2.24, 2.45) is 0 Å². The molecule has 0 spiro atoms. The zero-order valence-corrected chi connectivity index (χ0v) is 9.29. The van der Waals surface area contributed by atoms with Gasteiger partial charge in [0.25, 0.3) is 5.56 Å². The molecule has 2 aromatic heterocycles. The van der Waals surface area contributed by atoms with Crippen LogP contribution in [0.4, 0.5) is 0 Å². The van der Waals surface area contributed by atoms with Crippen LogP contribution in [0.5, 0.6) is 0 Å². The predicted octanol–water partition coefficient (Wildman–Crippen LogP) is 1.46. The molecule has 0 radical (unpaired) electrons. The number of rotatable bonds is 2. The smallest absolute Gasteiger partial charge is 0.275 e. The second-order valence-electron chi connectivity index (χ2n) is 3.65. The van der Waals surface area contributed by atoms with Crippen molar-refractivity contribution in [3.05, 3.63) is 33.4 Å². The fourth-order valence-electron chi connectivity index (χ4n) is 1.80. The van der Waals surface area contributed by atoms with E-state index in [-0.39, 0.29) is 5.56 Å². The molecular formula is C11H15N3O. The van der Waals surface area contributed by atoms with E-state index in [0.29, 0.717) is 0 Å². The number of H-pyrrole nitrogens is 1. The lowest BCUT2D eigenvalue weighted by Gasteiger charge is -2.02. The van der Waals surface area contributed by atoms with Crippen LogP contribution in [0.25, 0.3) is 5.65 Å². The van der Waals surface area contributed by atoms with Gasteiger partial charge in [-0.25, -0.2) is 9.50 Å². The van der Waals surface area contributed by atoms with Crippen LogP contribution in [0.3, 0.4) is 0 Å². The predicted molar refractivity (Wildman–Crippen MR) is 59.3 cm³/mol. The van der Waals surface area contributed by atoms with Crippen LogP contribution in [0.2, 0.25) is 0 Å². The normalized spacial score (nSPS) is 11.1. The Morgan fingerprint density at radius 2 is 2.13 bits per heavy atom. The monoisotopic (exact) mass is 205 g/mol. The summed E-state index contributed by atoms with van der Waals surface area (Å²) in [6.07, 6.45) is 3.53. The van der Waals surface area contributed by atoms with Crippen molar-refractivity contribution < 1.29 is 0 Å². The van der Waals surface area contributed by atoms with Crippen LogP contribution in [-0.4, -0.2) is 14.6 Å². The average molecular weight is 205 g/mol. The second kappa shape index (κ2) is 3.53. The summed E-state index contributed by atoms with van der Waals surface area (Å²) >= 11 is 0. The molecule has 0 fully saturated rings. The fourth-order valence-corrected chi connectivity index (χ4v) is 1.80. The summed E-state index contributed by atoms with van der Waals surface area (Å²) in [4.78, 5) is 16.4. The van der Waals surface area contributed by atoms with Gasteiger partial charge in [0.05, 0.1) is 5.69 Å². The molecule has 0 bridgehead atoms. The van der Waals surface area contributed by atoms with Crippen molar-refractivity contribution in [1.82, 2.24) is 14.6 Å². The van der Waals surface area contributed by atoms with Crippen LogP contribution in [0.1, 0.15) is 30.7 Å². The standard InChI is InChI=1S/C11H15N3O/c1-4-8-6-12-14-10(8)13-9(5-2)7(3)11(14)15/h6,12H,4-5H2,1-3H3. The third-order valence-corrected chi connectivity index (χ3v) is 2.78. The minimum Gasteiger partial charge on any atom is -0.297 e. The second-order valence-corrected chi connectivity index (χ2v) is 3.65. The van der Waals surface area contributed by atoms with Gasteiger partial charge in [0.2, 0.25) is 0 Å². The van der Waals surface area contributed by atoms with Gasteiger partial charge in [-0.2, -0.15) is 0 Å². The molecule has 1 N–H and O–H groups in total. The van der Waals surface area contributed by atoms with Gasteiger partial charge in [0, 0.05) is 17.3 Å². The largest absolute Gasteiger partial charge is 0.297 e. The highest BCUT2D eigenvalue weighted by Crippen LogP contribution is 2.09. The topological polar surface area (TPSA) is 50.2 Å². The zero-order valence-electron chi connectivity index (χ0n) is 9.29. The highest BCUT2D eigenvalue weighted by Gasteiger charge is 2.10. The first-order valence-corrected chi connectivity index (χ1v) is 5.27. The summed E-state index contributed by atoms with van der Waals surface area (Å²) in [6.45, 7) is 5.90. The van der Waals surface area contributed by atoms with Gasteiger partial charge in [-0.3, -0.25) is 9.89 Å². The molecule has 0 aliphatic rings. The maximum Gasteiger partial charge on any atom is 0.275 e. The number of nitrogens with zero attached hydrogens (tertiary/aromatic N) is 2. The molecule has 0 amide bonds. The first-order chi connectivity index (χ1) is 7.19. The molecule has 0 unspecified atom stereocenters. The number of hydrogen-bond acceptors (Lipinski definition) is 2. The van der Waals surface area contributed by atoms with E-state index in [1.54, 1.807) is 0 Å². The summed E-state index contributed by atoms with van der Waals surface area (Å²) in [6, 6.07) is 0. The van der Waals surface area contributed by atoms with Gasteiger partial charge in [-0.05, 0) is 19.8 Å². The van der Waals surface area contributed by atoms with Crippen LogP contribution in [0.15, 0.2) is 11.0 Å². The first kappa shape index (κ1) is 9.96. The van der Waals surface area contributed by atoms with Crippen LogP contribution in [-0.2, 0) is 12.8 Å². The molecule has 0 atom stereocenters. The minimum absolute atomic E-state index is 0.0107. The van der Waals surface area contributed by atoms with E-state index in [2.05, 4.69) is 17.0 Å². The molecule has 2 heterocycles. The van der Waals surface area contributed by atoms with E-state index >= 15 is 0 Å². The number of nitrogens with one attached hydrogen (secondary N) is 1. The lowest BCUT2D eigenvalue weighted by molar-refractivity contribution is 0.856. The molecule has 0 aliphatic heterocycles. The number of fused-ring (bicyclic) bond motifs is 1. The summed E-state index contributed by atoms with van der Waals surface area (Å²) in [5.74, 6) is 0. The van der Waals surface area contributed by atoms with Crippen molar-refractivity contribution in [3.63, 3.8) is 0 Å². The summed E-state index contributed by atoms with van der Waals surface area (Å²) < 4.78 is 1.52. The van der Waals surface area contributed by atoms with Gasteiger partial charge in [0.1, 0.15) is 0 Å². The van der Waals surface area contributed by atoms with Gasteiger partial charge in [0.15, 0.2) is 5.65 Å². The van der Waals surface area contributed by atoms with E-state index < -0.39 is 0 Å². The third-order valence-electron chi connectivity index (χ3n) is 2.78. The Hall–Kier alpha value is -1.58. The van der Waals surface area contributed by atoms with E-state index in [1.807, 2.05) is 20.0 Å². The molecule has 4 nitrogen and oxygen atoms in total. The Morgan fingerprint density at radius 1 is 1.40 bits per heavy atom. The quantitative estimate of drug-likeness (QED) is 0.806. The van der Waals surface area contributed by atoms with Gasteiger partial charge < -0.3 is 0 Å². The molecule has 2 aromatic rings. The Bertz CT molecular complexity index is 551. The zero-order chi connectivity index (χ0) is 11.0. The van der Waals surface area contributed by atoms with Crippen LogP contribution in [0, 0.1) is 6.92 Å². The number of hydrogen-bond donors (Lipinski definition) is 1. The van der Waals surface area contributed by atoms with E-state index in [9.17, 15) is 4.79 Å². The average Bonchev–Trinajstić information content (AvgIpc) is 2.66. The maximum absolute atomic E-state index is 11.9. The van der Waals surface area contributed by atoms with E-state index in [1.165, 1.54) is 4.52 Å². The molecule has 80 valence electrons. The molecular weight excluding hydrogens is 190 g/mol. The summed E-state index contributed by atoms with van der Waals surface area (Å²) in [5.41, 5.74) is 3.50. The van der Waals surface area contributed by atoms with Crippen molar-refractivity contribution >= 4 is 5.65 Å². The first-order valence-electron chi connectivity index (χ1n) is 5.27. The lowest BCUT2D eigenvalue weighted by atomic mass is 10.2. The van der Waals surface area contributed by atoms with Crippen molar-refractivity contribution in [2.45, 2.75) is 33.6 Å². The van der Waals surface area contributed by atoms with Gasteiger partial charge >= 0.3 is 0 Å². The van der Waals surface area contributed by atoms with Crippen LogP contribution < -0.4 is 5.56 Å². The Labute approximate surface area is 87.9 Å². The maximum atomic E-state index is 11.9. The SMILES string of the molecule is CCc1nc2c(CC)c[nH]n2c(=O)c1C. The molecule has 0 saturated heterocycles. The lowest BCUT2D eigenvalue weighted by Crippen LogP contribution is -2.20. The van der Waals surface area contributed by atoms with Gasteiger partial charge in [-0.1, -0.05) is 13.8 Å². The Morgan fingerprint density at radius 3 is 2.73 bits per heavy atom. The highest BCUT2D eigenvalue weighted by molar-refractivity contribution is 5.47. The minimum atomic E-state index is 0.0107. The van der Waals surface area contributed by atoms with Gasteiger partial charge in [-0.15, -0.1) is 0 Å². The number of aryl methyl sites for hydroxylation is 2. The van der Waals surface area contributed by atoms with Crippen molar-refractivity contribution in [3.8, 4) is 0 Å². The summed E-state index contributed by atoms with van der Waals surface area (Å²) in [7, 11) is 0. The molecule has 4 heteroatoms. The molecule has 15 heavy (non-hydrogen) atoms. The van der Waals surface area contributed by atoms with Crippen molar-refractivity contribution in [1.29, 1.82) is 0 Å². The van der Waals surface area contributed by atoms with E-state index in [4.69, 9.17) is 0 Å². The van der Waals surface area contributed by atoms with Crippen molar-refractivity contribution in [2.75, 3.05) is 0 Å². The molecule has 2 rings (SSSR count). The molecule has 0 aliphatic carbocycles. The van der Waals surface area contributed by atoms with E-state index in [0.717, 1.165) is 35.3 Å². The van der Waals surface area contributed by atoms with Crippen LogP contribution >= 0.6 is 0 Å². The number of aromatic amines is 1. The highest BCUT2D eigenvalue weighted by atomic mass is 16.1. The molecule has 0 aromatic carbocycles. The molecule has 0 saturated carbocycles. The number of aromatic nitrogens is 3. The fraction of sp³-hybridized carbons (Fsp3) is 0.455. The Kier molecular flexibility index (Phi) is 2.34. The third kappa shape index (κ3) is 1.37. The summed E-state index contributed by atoms with van der Waals surface area (Å²) in [5, 5.41) is 2.94.